The van der Waals surface area contributed by atoms with Crippen LogP contribution in [0.3, 0.4) is 0 Å². The van der Waals surface area contributed by atoms with E-state index in [2.05, 4.69) is 43.7 Å². The van der Waals surface area contributed by atoms with Crippen molar-refractivity contribution in [1.82, 2.24) is 4.98 Å². The molecule has 1 heterocycles. The Morgan fingerprint density at radius 2 is 2.00 bits per heavy atom. The second-order valence-electron chi connectivity index (χ2n) is 5.98. The zero-order chi connectivity index (χ0) is 15.5. The van der Waals surface area contributed by atoms with E-state index in [1.165, 1.54) is 11.3 Å². The maximum absolute atomic E-state index is 12.2. The third-order valence-electron chi connectivity index (χ3n) is 3.08. The molecule has 112 valence electrons. The molecule has 1 aromatic heterocycles. The van der Waals surface area contributed by atoms with E-state index in [1.807, 2.05) is 35.7 Å². The van der Waals surface area contributed by atoms with Crippen LogP contribution in [0.15, 0.2) is 35.7 Å². The maximum atomic E-state index is 12.2. The molecular formula is C16H20N2OS2. The summed E-state index contributed by atoms with van der Waals surface area (Å²) in [5.74, 6) is -0.114. The zero-order valence-corrected chi connectivity index (χ0v) is 14.2. The molecule has 1 amide bonds. The Morgan fingerprint density at radius 1 is 1.33 bits per heavy atom. The second kappa shape index (κ2) is 6.62. The van der Waals surface area contributed by atoms with Gasteiger partial charge in [-0.15, -0.1) is 11.3 Å². The molecule has 1 aromatic carbocycles. The Labute approximate surface area is 135 Å². The Hall–Kier alpha value is -1.33. The van der Waals surface area contributed by atoms with E-state index in [1.54, 1.807) is 0 Å². The summed E-state index contributed by atoms with van der Waals surface area (Å²) in [5.41, 5.74) is 2.08. The largest absolute Gasteiger partial charge is 0.301 e. The summed E-state index contributed by atoms with van der Waals surface area (Å²) in [6, 6.07) is 9.88. The van der Waals surface area contributed by atoms with Crippen molar-refractivity contribution >= 4 is 35.0 Å². The average Bonchev–Trinajstić information content (AvgIpc) is 2.88. The van der Waals surface area contributed by atoms with Gasteiger partial charge < -0.3 is 5.32 Å². The highest BCUT2D eigenvalue weighted by atomic mass is 32.1. The van der Waals surface area contributed by atoms with Gasteiger partial charge in [-0.05, 0) is 12.0 Å². The van der Waals surface area contributed by atoms with Gasteiger partial charge in [0.1, 0.15) is 0 Å². The Kier molecular flexibility index (Phi) is 5.06. The SMILES string of the molecule is CC(C)(C)c1csc(NC(=O)C(S)Cc2ccccc2)n1. The highest BCUT2D eigenvalue weighted by Gasteiger charge is 2.20. The number of hydrogen-bond donors (Lipinski definition) is 2. The molecule has 0 fully saturated rings. The number of hydrogen-bond acceptors (Lipinski definition) is 4. The molecule has 1 atom stereocenters. The zero-order valence-electron chi connectivity index (χ0n) is 12.5. The van der Waals surface area contributed by atoms with Gasteiger partial charge in [0, 0.05) is 10.8 Å². The molecule has 2 aromatic rings. The van der Waals surface area contributed by atoms with Gasteiger partial charge in [-0.3, -0.25) is 4.79 Å². The van der Waals surface area contributed by atoms with Crippen molar-refractivity contribution in [3.05, 3.63) is 47.0 Å². The average molecular weight is 320 g/mol. The summed E-state index contributed by atoms with van der Waals surface area (Å²) in [6.45, 7) is 6.30. The Bertz CT molecular complexity index is 602. The van der Waals surface area contributed by atoms with Crippen LogP contribution in [-0.2, 0) is 16.6 Å². The van der Waals surface area contributed by atoms with Crippen LogP contribution >= 0.6 is 24.0 Å². The lowest BCUT2D eigenvalue weighted by Crippen LogP contribution is -2.25. The fourth-order valence-corrected chi connectivity index (χ4v) is 3.01. The quantitative estimate of drug-likeness (QED) is 0.838. The van der Waals surface area contributed by atoms with Crippen LogP contribution in [0.2, 0.25) is 0 Å². The predicted molar refractivity (Wildman–Crippen MR) is 92.4 cm³/mol. The van der Waals surface area contributed by atoms with Gasteiger partial charge in [0.05, 0.1) is 10.9 Å². The topological polar surface area (TPSA) is 42.0 Å². The molecular weight excluding hydrogens is 300 g/mol. The first kappa shape index (κ1) is 16.0. The number of anilines is 1. The lowest BCUT2D eigenvalue weighted by Gasteiger charge is -2.14. The third-order valence-corrected chi connectivity index (χ3v) is 4.25. The molecule has 21 heavy (non-hydrogen) atoms. The fraction of sp³-hybridized carbons (Fsp3) is 0.375. The fourth-order valence-electron chi connectivity index (χ4n) is 1.79. The molecule has 0 saturated heterocycles. The van der Waals surface area contributed by atoms with Crippen molar-refractivity contribution in [3.8, 4) is 0 Å². The van der Waals surface area contributed by atoms with Crippen LogP contribution in [0.1, 0.15) is 32.0 Å². The normalized spacial score (nSPS) is 13.0. The number of nitrogens with one attached hydrogen (secondary N) is 1. The number of benzene rings is 1. The van der Waals surface area contributed by atoms with Crippen molar-refractivity contribution in [2.75, 3.05) is 5.32 Å². The molecule has 0 saturated carbocycles. The second-order valence-corrected chi connectivity index (χ2v) is 7.46. The summed E-state index contributed by atoms with van der Waals surface area (Å²) in [4.78, 5) is 16.6. The maximum Gasteiger partial charge on any atom is 0.239 e. The Balaban J connectivity index is 1.96. The molecule has 0 aliphatic rings. The van der Waals surface area contributed by atoms with Crippen molar-refractivity contribution in [3.63, 3.8) is 0 Å². The summed E-state index contributed by atoms with van der Waals surface area (Å²) in [5, 5.41) is 5.09. The number of thiazole rings is 1. The summed E-state index contributed by atoms with van der Waals surface area (Å²) < 4.78 is 0. The lowest BCUT2D eigenvalue weighted by atomic mass is 9.93. The molecule has 0 aliphatic carbocycles. The summed E-state index contributed by atoms with van der Waals surface area (Å²) in [7, 11) is 0. The molecule has 3 nitrogen and oxygen atoms in total. The molecule has 0 radical (unpaired) electrons. The van der Waals surface area contributed by atoms with E-state index in [0.29, 0.717) is 11.6 Å². The van der Waals surface area contributed by atoms with Crippen LogP contribution in [0.5, 0.6) is 0 Å². The van der Waals surface area contributed by atoms with Crippen molar-refractivity contribution in [2.45, 2.75) is 37.9 Å². The minimum atomic E-state index is -0.380. The number of carbonyl (C=O) groups excluding carboxylic acids is 1. The molecule has 0 aliphatic heterocycles. The minimum Gasteiger partial charge on any atom is -0.301 e. The van der Waals surface area contributed by atoms with Crippen LogP contribution < -0.4 is 5.32 Å². The first-order valence-electron chi connectivity index (χ1n) is 6.85. The molecule has 0 spiro atoms. The molecule has 1 N–H and O–H groups in total. The smallest absolute Gasteiger partial charge is 0.239 e. The van der Waals surface area contributed by atoms with Crippen molar-refractivity contribution < 1.29 is 4.79 Å². The molecule has 2 rings (SSSR count). The van der Waals surface area contributed by atoms with Crippen LogP contribution in [-0.4, -0.2) is 16.1 Å². The number of nitrogens with zero attached hydrogens (tertiary/aromatic N) is 1. The lowest BCUT2D eigenvalue weighted by molar-refractivity contribution is -0.115. The first-order chi connectivity index (χ1) is 9.86. The number of thiol groups is 1. The van der Waals surface area contributed by atoms with E-state index < -0.39 is 0 Å². The number of carbonyl (C=O) groups is 1. The van der Waals surface area contributed by atoms with Gasteiger partial charge >= 0.3 is 0 Å². The van der Waals surface area contributed by atoms with Crippen LogP contribution in [0.4, 0.5) is 5.13 Å². The molecule has 1 unspecified atom stereocenters. The third kappa shape index (κ3) is 4.58. The van der Waals surface area contributed by atoms with E-state index in [0.717, 1.165) is 11.3 Å². The van der Waals surface area contributed by atoms with Crippen LogP contribution in [0.25, 0.3) is 0 Å². The summed E-state index contributed by atoms with van der Waals surface area (Å²) >= 11 is 5.85. The van der Waals surface area contributed by atoms with E-state index in [4.69, 9.17) is 0 Å². The molecule has 0 bridgehead atoms. The standard InChI is InChI=1S/C16H20N2OS2/c1-16(2,3)13-10-21-15(17-13)18-14(19)12(20)9-11-7-5-4-6-8-11/h4-8,10,12,20H,9H2,1-3H3,(H,17,18,19). The van der Waals surface area contributed by atoms with Crippen molar-refractivity contribution in [2.24, 2.45) is 0 Å². The first-order valence-corrected chi connectivity index (χ1v) is 8.25. The van der Waals surface area contributed by atoms with Gasteiger partial charge in [0.15, 0.2) is 5.13 Å². The Morgan fingerprint density at radius 3 is 2.57 bits per heavy atom. The van der Waals surface area contributed by atoms with Gasteiger partial charge in [-0.1, -0.05) is 51.1 Å². The number of rotatable bonds is 4. The van der Waals surface area contributed by atoms with Gasteiger partial charge in [0.2, 0.25) is 5.91 Å². The van der Waals surface area contributed by atoms with Crippen molar-refractivity contribution in [1.29, 1.82) is 0 Å². The monoisotopic (exact) mass is 320 g/mol. The number of amides is 1. The van der Waals surface area contributed by atoms with Crippen LogP contribution in [0, 0.1) is 0 Å². The highest BCUT2D eigenvalue weighted by molar-refractivity contribution is 7.81. The minimum absolute atomic E-state index is 0.0100. The van der Waals surface area contributed by atoms with E-state index in [9.17, 15) is 4.79 Å². The van der Waals surface area contributed by atoms with E-state index >= 15 is 0 Å². The van der Waals surface area contributed by atoms with E-state index in [-0.39, 0.29) is 16.6 Å². The van der Waals surface area contributed by atoms with Gasteiger partial charge in [-0.2, -0.15) is 12.6 Å². The summed E-state index contributed by atoms with van der Waals surface area (Å²) in [6.07, 6.45) is 0.604. The highest BCUT2D eigenvalue weighted by Crippen LogP contribution is 2.26. The predicted octanol–water partition coefficient (Wildman–Crippen LogP) is 3.92. The number of aromatic nitrogens is 1. The van der Waals surface area contributed by atoms with Gasteiger partial charge in [0.25, 0.3) is 0 Å². The molecule has 5 heteroatoms. The van der Waals surface area contributed by atoms with Gasteiger partial charge in [-0.25, -0.2) is 4.98 Å².